The van der Waals surface area contributed by atoms with Gasteiger partial charge < -0.3 is 5.11 Å². The highest BCUT2D eigenvalue weighted by atomic mass is 35.5. The first kappa shape index (κ1) is 10.3. The van der Waals surface area contributed by atoms with Gasteiger partial charge in [0.15, 0.2) is 0 Å². The van der Waals surface area contributed by atoms with Gasteiger partial charge in [0.1, 0.15) is 5.15 Å². The third-order valence-electron chi connectivity index (χ3n) is 1.47. The van der Waals surface area contributed by atoms with Crippen LogP contribution in [0.2, 0.25) is 5.15 Å². The van der Waals surface area contributed by atoms with Crippen molar-refractivity contribution in [3.05, 3.63) is 28.3 Å². The lowest BCUT2D eigenvalue weighted by molar-refractivity contribution is 0.145. The molecule has 0 spiro atoms. The Labute approximate surface area is 77.0 Å². The Kier molecular flexibility index (Phi) is 3.11. The second-order valence-corrected chi connectivity index (χ2v) is 2.65. The minimum Gasteiger partial charge on any atom is -0.391 e. The van der Waals surface area contributed by atoms with Crippen molar-refractivity contribution in [2.75, 3.05) is 0 Å². The predicted molar refractivity (Wildman–Crippen MR) is 40.1 cm³/mol. The zero-order chi connectivity index (χ0) is 10.0. The van der Waals surface area contributed by atoms with Crippen LogP contribution in [0.25, 0.3) is 0 Å². The van der Waals surface area contributed by atoms with Gasteiger partial charge in [0.25, 0.3) is 6.43 Å². The number of hydrogen-bond acceptors (Lipinski definition) is 2. The number of aliphatic hydroxyl groups is 1. The minimum atomic E-state index is -2.88. The van der Waals surface area contributed by atoms with E-state index in [1.807, 2.05) is 0 Å². The molecular formula is C7H5ClF3NO. The molecule has 0 unspecified atom stereocenters. The number of hydrogen-bond donors (Lipinski definition) is 1. The normalized spacial score (nSPS) is 10.9. The van der Waals surface area contributed by atoms with Crippen LogP contribution < -0.4 is 0 Å². The summed E-state index contributed by atoms with van der Waals surface area (Å²) in [6, 6.07) is 0.834. The molecule has 0 atom stereocenters. The average molecular weight is 212 g/mol. The molecule has 1 aromatic rings. The Bertz CT molecular complexity index is 319. The summed E-state index contributed by atoms with van der Waals surface area (Å²) in [5.41, 5.74) is -1.14. The summed E-state index contributed by atoms with van der Waals surface area (Å²) in [7, 11) is 0. The molecule has 0 fully saturated rings. The van der Waals surface area contributed by atoms with Gasteiger partial charge in [-0.15, -0.1) is 0 Å². The summed E-state index contributed by atoms with van der Waals surface area (Å²) >= 11 is 5.26. The maximum atomic E-state index is 12.8. The van der Waals surface area contributed by atoms with E-state index >= 15 is 0 Å². The third kappa shape index (κ3) is 2.10. The molecule has 1 aromatic heterocycles. The van der Waals surface area contributed by atoms with Crippen LogP contribution in [0.15, 0.2) is 6.07 Å². The Morgan fingerprint density at radius 2 is 2.15 bits per heavy atom. The first-order valence-electron chi connectivity index (χ1n) is 3.30. The van der Waals surface area contributed by atoms with Crippen LogP contribution in [-0.2, 0) is 6.61 Å². The summed E-state index contributed by atoms with van der Waals surface area (Å²) in [5, 5.41) is 8.23. The van der Waals surface area contributed by atoms with E-state index in [2.05, 4.69) is 4.98 Å². The first-order chi connectivity index (χ1) is 6.06. The summed E-state index contributed by atoms with van der Waals surface area (Å²) in [5.74, 6) is -1.16. The van der Waals surface area contributed by atoms with E-state index in [-0.39, 0.29) is 5.15 Å². The first-order valence-corrected chi connectivity index (χ1v) is 3.68. The fourth-order valence-corrected chi connectivity index (χ4v) is 1.07. The van der Waals surface area contributed by atoms with E-state index in [4.69, 9.17) is 16.7 Å². The van der Waals surface area contributed by atoms with Gasteiger partial charge >= 0.3 is 0 Å². The van der Waals surface area contributed by atoms with E-state index in [0.29, 0.717) is 0 Å². The lowest BCUT2D eigenvalue weighted by Gasteiger charge is -2.06. The van der Waals surface area contributed by atoms with E-state index in [9.17, 15) is 13.2 Å². The molecule has 0 radical (unpaired) electrons. The molecule has 0 aliphatic rings. The van der Waals surface area contributed by atoms with Gasteiger partial charge in [0.2, 0.25) is 5.95 Å². The molecule has 2 nitrogen and oxygen atoms in total. The third-order valence-corrected chi connectivity index (χ3v) is 1.66. The quantitative estimate of drug-likeness (QED) is 0.762. The van der Waals surface area contributed by atoms with E-state index in [1.165, 1.54) is 0 Å². The van der Waals surface area contributed by atoms with Crippen molar-refractivity contribution in [3.8, 4) is 0 Å². The lowest BCUT2D eigenvalue weighted by atomic mass is 10.1. The topological polar surface area (TPSA) is 33.1 Å². The molecule has 1 rings (SSSR count). The van der Waals surface area contributed by atoms with Crippen LogP contribution in [0.3, 0.4) is 0 Å². The van der Waals surface area contributed by atoms with Crippen LogP contribution in [0.5, 0.6) is 0 Å². The van der Waals surface area contributed by atoms with Gasteiger partial charge in [-0.25, -0.2) is 13.8 Å². The summed E-state index contributed by atoms with van der Waals surface area (Å²) in [4.78, 5) is 3.09. The monoisotopic (exact) mass is 211 g/mol. The molecule has 0 aliphatic heterocycles. The Morgan fingerprint density at radius 1 is 1.54 bits per heavy atom. The van der Waals surface area contributed by atoms with Crippen molar-refractivity contribution < 1.29 is 18.3 Å². The fourth-order valence-electron chi connectivity index (χ4n) is 0.879. The Balaban J connectivity index is 3.29. The minimum absolute atomic E-state index is 0.356. The van der Waals surface area contributed by atoms with Gasteiger partial charge in [-0.05, 0) is 6.07 Å². The second-order valence-electron chi connectivity index (χ2n) is 2.26. The van der Waals surface area contributed by atoms with E-state index in [0.717, 1.165) is 6.07 Å². The standard InChI is InChI=1S/C7H5ClF3NO/c8-5-1-3(6(9)10)4(2-13)7(11)12-5/h1,6,13H,2H2. The number of pyridine rings is 1. The van der Waals surface area contributed by atoms with Crippen LogP contribution in [0.4, 0.5) is 13.2 Å². The largest absolute Gasteiger partial charge is 0.391 e. The number of alkyl halides is 2. The van der Waals surface area contributed by atoms with Crippen molar-refractivity contribution >= 4 is 11.6 Å². The number of halogens is 4. The van der Waals surface area contributed by atoms with Gasteiger partial charge in [0, 0.05) is 11.1 Å². The van der Waals surface area contributed by atoms with Gasteiger partial charge in [-0.3, -0.25) is 0 Å². The fraction of sp³-hybridized carbons (Fsp3) is 0.286. The van der Waals surface area contributed by atoms with Crippen LogP contribution in [-0.4, -0.2) is 10.1 Å². The molecule has 72 valence electrons. The number of rotatable bonds is 2. The van der Waals surface area contributed by atoms with Crippen molar-refractivity contribution in [1.29, 1.82) is 0 Å². The molecule has 0 aromatic carbocycles. The highest BCUT2D eigenvalue weighted by molar-refractivity contribution is 6.29. The summed E-state index contributed by atoms with van der Waals surface area (Å²) < 4.78 is 37.2. The summed E-state index contributed by atoms with van der Waals surface area (Å²) in [6.45, 7) is -0.824. The maximum absolute atomic E-state index is 12.8. The van der Waals surface area contributed by atoms with Crippen LogP contribution in [0.1, 0.15) is 17.6 Å². The van der Waals surface area contributed by atoms with Crippen molar-refractivity contribution in [2.24, 2.45) is 0 Å². The van der Waals surface area contributed by atoms with Crippen molar-refractivity contribution in [2.45, 2.75) is 13.0 Å². The molecule has 0 saturated carbocycles. The smallest absolute Gasteiger partial charge is 0.264 e. The highest BCUT2D eigenvalue weighted by Crippen LogP contribution is 2.26. The second kappa shape index (κ2) is 3.93. The van der Waals surface area contributed by atoms with Crippen molar-refractivity contribution in [1.82, 2.24) is 4.98 Å². The molecule has 0 bridgehead atoms. The number of aromatic nitrogens is 1. The number of aliphatic hydroxyl groups excluding tert-OH is 1. The van der Waals surface area contributed by atoms with Crippen LogP contribution >= 0.6 is 11.6 Å². The molecule has 0 aliphatic carbocycles. The zero-order valence-electron chi connectivity index (χ0n) is 6.27. The molecular weight excluding hydrogens is 207 g/mol. The lowest BCUT2D eigenvalue weighted by Crippen LogP contribution is -2.01. The SMILES string of the molecule is OCc1c(C(F)F)cc(Cl)nc1F. The van der Waals surface area contributed by atoms with Crippen molar-refractivity contribution in [3.63, 3.8) is 0 Å². The molecule has 13 heavy (non-hydrogen) atoms. The molecule has 6 heteroatoms. The maximum Gasteiger partial charge on any atom is 0.264 e. The van der Waals surface area contributed by atoms with Gasteiger partial charge in [-0.1, -0.05) is 11.6 Å². The van der Waals surface area contributed by atoms with E-state index in [1.54, 1.807) is 0 Å². The predicted octanol–water partition coefficient (Wildman–Crippen LogP) is 2.30. The van der Waals surface area contributed by atoms with Gasteiger partial charge in [0.05, 0.1) is 6.61 Å². The number of nitrogens with zero attached hydrogens (tertiary/aromatic N) is 1. The van der Waals surface area contributed by atoms with Gasteiger partial charge in [-0.2, -0.15) is 4.39 Å². The molecule has 0 amide bonds. The van der Waals surface area contributed by atoms with Crippen LogP contribution in [0, 0.1) is 5.95 Å². The Hall–Kier alpha value is -0.810. The highest BCUT2D eigenvalue weighted by Gasteiger charge is 2.18. The summed E-state index contributed by atoms with van der Waals surface area (Å²) in [6.07, 6.45) is -2.88. The molecule has 1 heterocycles. The zero-order valence-corrected chi connectivity index (χ0v) is 7.02. The molecule has 0 saturated heterocycles. The average Bonchev–Trinajstić information content (AvgIpc) is 2.02. The Morgan fingerprint density at radius 3 is 2.62 bits per heavy atom. The molecule has 1 N–H and O–H groups in total. The van der Waals surface area contributed by atoms with E-state index < -0.39 is 30.1 Å².